The second-order valence-corrected chi connectivity index (χ2v) is 6.82. The van der Waals surface area contributed by atoms with Crippen LogP contribution in [0.25, 0.3) is 11.1 Å². The molecule has 2 aromatic rings. The fourth-order valence-corrected chi connectivity index (χ4v) is 3.43. The summed E-state index contributed by atoms with van der Waals surface area (Å²) in [6.07, 6.45) is 2.84. The monoisotopic (exact) mass is 358 g/mol. The van der Waals surface area contributed by atoms with Crippen LogP contribution in [-0.4, -0.2) is 37.2 Å². The number of anilines is 1. The summed E-state index contributed by atoms with van der Waals surface area (Å²) in [5.41, 5.74) is 2.56. The predicted molar refractivity (Wildman–Crippen MR) is 102 cm³/mol. The third-order valence-corrected chi connectivity index (χ3v) is 4.89. The Morgan fingerprint density at radius 1 is 1.28 bits per heavy atom. The normalized spacial score (nSPS) is 17.4. The molecule has 0 spiro atoms. The number of halogens is 1. The first-order valence-corrected chi connectivity index (χ1v) is 9.00. The number of ether oxygens (including phenoxy) is 1. The van der Waals surface area contributed by atoms with Gasteiger partial charge in [-0.05, 0) is 56.6 Å². The van der Waals surface area contributed by atoms with Crippen LogP contribution in [0.2, 0.25) is 5.02 Å². The lowest BCUT2D eigenvalue weighted by Gasteiger charge is -2.19. The Bertz CT molecular complexity index is 721. The Labute approximate surface area is 153 Å². The lowest BCUT2D eigenvalue weighted by Crippen LogP contribution is -2.27. The molecule has 4 nitrogen and oxygen atoms in total. The fourth-order valence-electron chi connectivity index (χ4n) is 3.26. The average Bonchev–Trinajstić information content (AvgIpc) is 3.02. The second kappa shape index (κ2) is 8.37. The van der Waals surface area contributed by atoms with Gasteiger partial charge in [-0.25, -0.2) is 4.79 Å². The van der Waals surface area contributed by atoms with E-state index in [4.69, 9.17) is 16.3 Å². The first-order valence-electron chi connectivity index (χ1n) is 8.62. The van der Waals surface area contributed by atoms with E-state index >= 15 is 0 Å². The van der Waals surface area contributed by atoms with Crippen LogP contribution in [0.5, 0.6) is 0 Å². The maximum atomic E-state index is 12.2. The Morgan fingerprint density at radius 2 is 2.08 bits per heavy atom. The van der Waals surface area contributed by atoms with Crippen molar-refractivity contribution in [1.82, 2.24) is 4.90 Å². The first kappa shape index (κ1) is 17.8. The summed E-state index contributed by atoms with van der Waals surface area (Å²) in [4.78, 5) is 14.5. The number of likely N-dealkylation sites (tertiary alicyclic amines) is 1. The molecule has 0 bridgehead atoms. The van der Waals surface area contributed by atoms with E-state index in [0.717, 1.165) is 24.1 Å². The molecule has 2 aromatic carbocycles. The van der Waals surface area contributed by atoms with Crippen molar-refractivity contribution in [3.05, 3.63) is 53.6 Å². The fraction of sp³-hybridized carbons (Fsp3) is 0.350. The largest absolute Gasteiger partial charge is 0.449 e. The maximum absolute atomic E-state index is 12.2. The van der Waals surface area contributed by atoms with Crippen molar-refractivity contribution in [3.8, 4) is 11.1 Å². The smallest absolute Gasteiger partial charge is 0.411 e. The summed E-state index contributed by atoms with van der Waals surface area (Å²) in [6, 6.07) is 15.8. The molecule has 1 saturated heterocycles. The highest BCUT2D eigenvalue weighted by atomic mass is 35.5. The summed E-state index contributed by atoms with van der Waals surface area (Å²) >= 11 is 6.12. The van der Waals surface area contributed by atoms with Crippen molar-refractivity contribution in [3.63, 3.8) is 0 Å². The molecule has 0 radical (unpaired) electrons. The number of rotatable bonds is 5. The molecule has 1 amide bonds. The zero-order chi connectivity index (χ0) is 17.6. The predicted octanol–water partition coefficient (Wildman–Crippen LogP) is 5.04. The highest BCUT2D eigenvalue weighted by Crippen LogP contribution is 2.30. The van der Waals surface area contributed by atoms with Gasteiger partial charge in [0.2, 0.25) is 0 Å². The number of benzene rings is 2. The molecule has 1 unspecified atom stereocenters. The van der Waals surface area contributed by atoms with Crippen molar-refractivity contribution in [2.24, 2.45) is 0 Å². The molecule has 1 heterocycles. The van der Waals surface area contributed by atoms with E-state index in [0.29, 0.717) is 23.4 Å². The van der Waals surface area contributed by atoms with Crippen molar-refractivity contribution in [1.29, 1.82) is 0 Å². The highest BCUT2D eigenvalue weighted by Gasteiger charge is 2.20. The Morgan fingerprint density at radius 3 is 2.80 bits per heavy atom. The Hall–Kier alpha value is -2.04. The minimum Gasteiger partial charge on any atom is -0.449 e. The summed E-state index contributed by atoms with van der Waals surface area (Å²) in [6.45, 7) is 1.55. The van der Waals surface area contributed by atoms with Crippen LogP contribution in [0.3, 0.4) is 0 Å². The van der Waals surface area contributed by atoms with E-state index in [-0.39, 0.29) is 0 Å². The molecule has 5 heteroatoms. The van der Waals surface area contributed by atoms with Gasteiger partial charge in [-0.1, -0.05) is 41.9 Å². The van der Waals surface area contributed by atoms with Crippen LogP contribution in [-0.2, 0) is 4.74 Å². The molecule has 0 saturated carbocycles. The number of carbonyl (C=O) groups excluding carboxylic acids is 1. The molecule has 3 rings (SSSR count). The van der Waals surface area contributed by atoms with E-state index in [2.05, 4.69) is 17.3 Å². The number of nitrogens with zero attached hydrogens (tertiary/aromatic N) is 1. The van der Waals surface area contributed by atoms with Crippen molar-refractivity contribution in [2.45, 2.75) is 25.3 Å². The zero-order valence-electron chi connectivity index (χ0n) is 14.4. The lowest BCUT2D eigenvalue weighted by atomic mass is 10.0. The van der Waals surface area contributed by atoms with Gasteiger partial charge in [0.25, 0.3) is 0 Å². The topological polar surface area (TPSA) is 41.6 Å². The summed E-state index contributed by atoms with van der Waals surface area (Å²) < 4.78 is 5.37. The molecule has 0 aromatic heterocycles. The third-order valence-electron chi connectivity index (χ3n) is 4.66. The second-order valence-electron chi connectivity index (χ2n) is 6.38. The van der Waals surface area contributed by atoms with Crippen LogP contribution >= 0.6 is 11.6 Å². The molecule has 1 fully saturated rings. The minimum atomic E-state index is -0.430. The quantitative estimate of drug-likeness (QED) is 0.814. The molecular weight excluding hydrogens is 336 g/mol. The van der Waals surface area contributed by atoms with Gasteiger partial charge in [0.1, 0.15) is 0 Å². The molecule has 0 aliphatic carbocycles. The summed E-state index contributed by atoms with van der Waals surface area (Å²) in [7, 11) is 2.12. The van der Waals surface area contributed by atoms with Gasteiger partial charge in [-0.2, -0.15) is 0 Å². The van der Waals surface area contributed by atoms with Gasteiger partial charge in [-0.3, -0.25) is 5.32 Å². The van der Waals surface area contributed by atoms with Gasteiger partial charge in [0, 0.05) is 16.6 Å². The third kappa shape index (κ3) is 4.74. The SMILES string of the molecule is CN1CCCC1CCOC(=O)Nc1ccc(Cl)cc1-c1ccccc1. The van der Waals surface area contributed by atoms with E-state index in [1.807, 2.05) is 36.4 Å². The Balaban J connectivity index is 1.61. The molecule has 132 valence electrons. The minimum absolute atomic E-state index is 0.426. The number of amides is 1. The van der Waals surface area contributed by atoms with E-state index in [9.17, 15) is 4.79 Å². The molecule has 1 aliphatic rings. The Kier molecular flexibility index (Phi) is 5.95. The van der Waals surface area contributed by atoms with E-state index in [1.54, 1.807) is 12.1 Å². The number of carbonyl (C=O) groups is 1. The van der Waals surface area contributed by atoms with Crippen LogP contribution in [0, 0.1) is 0 Å². The van der Waals surface area contributed by atoms with Crippen molar-refractivity contribution < 1.29 is 9.53 Å². The van der Waals surface area contributed by atoms with E-state index < -0.39 is 6.09 Å². The molecule has 25 heavy (non-hydrogen) atoms. The van der Waals surface area contributed by atoms with E-state index in [1.165, 1.54) is 12.8 Å². The van der Waals surface area contributed by atoms with Crippen LogP contribution in [0.1, 0.15) is 19.3 Å². The number of hydrogen-bond acceptors (Lipinski definition) is 3. The number of hydrogen-bond donors (Lipinski definition) is 1. The number of nitrogens with one attached hydrogen (secondary N) is 1. The van der Waals surface area contributed by atoms with Crippen LogP contribution in [0.15, 0.2) is 48.5 Å². The summed E-state index contributed by atoms with van der Waals surface area (Å²) in [5, 5.41) is 3.47. The van der Waals surface area contributed by atoms with Crippen molar-refractivity contribution >= 4 is 23.4 Å². The van der Waals surface area contributed by atoms with Crippen molar-refractivity contribution in [2.75, 3.05) is 25.5 Å². The van der Waals surface area contributed by atoms with Crippen LogP contribution < -0.4 is 5.32 Å². The van der Waals surface area contributed by atoms with Gasteiger partial charge in [0.15, 0.2) is 0 Å². The molecular formula is C20H23ClN2O2. The maximum Gasteiger partial charge on any atom is 0.411 e. The lowest BCUT2D eigenvalue weighted by molar-refractivity contribution is 0.147. The average molecular weight is 359 g/mol. The highest BCUT2D eigenvalue weighted by molar-refractivity contribution is 6.31. The standard InChI is InChI=1S/C20H23ClN2O2/c1-23-12-5-8-17(23)11-13-25-20(24)22-19-10-9-16(21)14-18(19)15-6-3-2-4-7-15/h2-4,6-7,9-10,14,17H,5,8,11-13H2,1H3,(H,22,24). The van der Waals surface area contributed by atoms with Crippen LogP contribution in [0.4, 0.5) is 10.5 Å². The van der Waals surface area contributed by atoms with Gasteiger partial charge in [0.05, 0.1) is 12.3 Å². The van der Waals surface area contributed by atoms with Gasteiger partial charge >= 0.3 is 6.09 Å². The molecule has 1 atom stereocenters. The van der Waals surface area contributed by atoms with Gasteiger partial charge in [-0.15, -0.1) is 0 Å². The first-order chi connectivity index (χ1) is 12.1. The zero-order valence-corrected chi connectivity index (χ0v) is 15.1. The molecule has 1 aliphatic heterocycles. The summed E-state index contributed by atoms with van der Waals surface area (Å²) in [5.74, 6) is 0. The van der Waals surface area contributed by atoms with Gasteiger partial charge < -0.3 is 9.64 Å². The molecule has 1 N–H and O–H groups in total.